The van der Waals surface area contributed by atoms with E-state index in [1.165, 1.54) is 6.07 Å². The molecule has 13 heteroatoms. The Labute approximate surface area is 275 Å². The smallest absolute Gasteiger partial charge is 0.410 e. The molecule has 11 nitrogen and oxygen atoms in total. The van der Waals surface area contributed by atoms with E-state index in [9.17, 15) is 13.2 Å². The number of hydrogen-bond acceptors (Lipinski definition) is 9. The number of halogens is 1. The summed E-state index contributed by atoms with van der Waals surface area (Å²) in [6.45, 7) is 10.4. The Morgan fingerprint density at radius 2 is 1.87 bits per heavy atom. The highest BCUT2D eigenvalue weighted by molar-refractivity contribution is 7.92. The number of rotatable bonds is 10. The second-order valence-corrected chi connectivity index (χ2v) is 14.5. The van der Waals surface area contributed by atoms with Gasteiger partial charge in [0, 0.05) is 42.3 Å². The zero-order valence-corrected chi connectivity index (χ0v) is 28.2. The average molecular weight is 665 g/mol. The zero-order valence-electron chi connectivity index (χ0n) is 27.3. The van der Waals surface area contributed by atoms with Crippen molar-refractivity contribution in [2.75, 3.05) is 28.9 Å². The monoisotopic (exact) mass is 664 g/mol. The number of fused-ring (bicyclic) bond motifs is 1. The van der Waals surface area contributed by atoms with Crippen LogP contribution in [0.4, 0.5) is 20.8 Å². The fraction of sp³-hybridized carbons (Fsp3) is 0.412. The second-order valence-electron chi connectivity index (χ2n) is 12.6. The molecular weight excluding hydrogens is 623 g/mol. The number of benzene rings is 2. The second kappa shape index (κ2) is 14.1. The molecule has 1 amide bonds. The lowest BCUT2D eigenvalue weighted by molar-refractivity contribution is 0.0206. The molecule has 1 aliphatic rings. The van der Waals surface area contributed by atoms with Gasteiger partial charge in [0.25, 0.3) is 0 Å². The Hall–Kier alpha value is -4.52. The van der Waals surface area contributed by atoms with E-state index in [0.717, 1.165) is 18.4 Å². The summed E-state index contributed by atoms with van der Waals surface area (Å²) in [4.78, 5) is 28.0. The first kappa shape index (κ1) is 33.8. The van der Waals surface area contributed by atoms with E-state index in [0.29, 0.717) is 59.7 Å². The molecule has 1 saturated heterocycles. The molecule has 0 radical (unpaired) electrons. The molecular formula is C34H41FN6O5S. The van der Waals surface area contributed by atoms with Crippen LogP contribution in [0.15, 0.2) is 54.9 Å². The van der Waals surface area contributed by atoms with Gasteiger partial charge in [0.15, 0.2) is 0 Å². The van der Waals surface area contributed by atoms with Gasteiger partial charge in [-0.2, -0.15) is 0 Å². The van der Waals surface area contributed by atoms with E-state index in [4.69, 9.17) is 14.5 Å². The highest BCUT2D eigenvalue weighted by Crippen LogP contribution is 2.39. The fourth-order valence-electron chi connectivity index (χ4n) is 5.35. The van der Waals surface area contributed by atoms with E-state index >= 15 is 4.39 Å². The average Bonchev–Trinajstić information content (AvgIpc) is 3.02. The van der Waals surface area contributed by atoms with Crippen LogP contribution < -0.4 is 14.8 Å². The van der Waals surface area contributed by atoms with Gasteiger partial charge in [0.2, 0.25) is 21.9 Å². The number of nitrogens with zero attached hydrogens (tertiary/aromatic N) is 4. The molecule has 2 aromatic heterocycles. The summed E-state index contributed by atoms with van der Waals surface area (Å²) in [6, 6.07) is 11.5. The molecule has 0 saturated carbocycles. The van der Waals surface area contributed by atoms with Crippen molar-refractivity contribution < 1.29 is 27.1 Å². The summed E-state index contributed by atoms with van der Waals surface area (Å²) < 4.78 is 54.8. The molecule has 0 spiro atoms. The number of carbonyl (C=O) groups excluding carboxylic acids is 1. The topological polar surface area (TPSA) is 136 Å². The number of unbranched alkanes of at least 4 members (excludes halogenated alkanes) is 1. The Balaban J connectivity index is 1.41. The van der Waals surface area contributed by atoms with Crippen LogP contribution >= 0.6 is 0 Å². The molecule has 0 aliphatic carbocycles. The minimum absolute atomic E-state index is 0.0662. The van der Waals surface area contributed by atoms with Crippen molar-refractivity contribution in [3.63, 3.8) is 0 Å². The lowest BCUT2D eigenvalue weighted by Gasteiger charge is -2.34. The van der Waals surface area contributed by atoms with Crippen LogP contribution in [0.3, 0.4) is 0 Å². The third-order valence-corrected chi connectivity index (χ3v) is 8.97. The van der Waals surface area contributed by atoms with Crippen LogP contribution in [-0.4, -0.2) is 64.8 Å². The minimum Gasteiger partial charge on any atom is -0.444 e. The predicted molar refractivity (Wildman–Crippen MR) is 181 cm³/mol. The summed E-state index contributed by atoms with van der Waals surface area (Å²) in [5.74, 6) is 0.276. The Kier molecular flexibility index (Phi) is 10.1. The van der Waals surface area contributed by atoms with E-state index < -0.39 is 21.4 Å². The number of amides is 1. The molecule has 0 bridgehead atoms. The molecule has 3 heterocycles. The number of aromatic nitrogens is 3. The molecule has 1 fully saturated rings. The molecule has 1 atom stereocenters. The van der Waals surface area contributed by atoms with Crippen molar-refractivity contribution in [2.45, 2.75) is 71.9 Å². The number of pyridine rings is 1. The quantitative estimate of drug-likeness (QED) is 0.179. The van der Waals surface area contributed by atoms with Crippen molar-refractivity contribution in [3.05, 3.63) is 66.2 Å². The standard InChI is InChI=1S/C34H41FN6O5S/c1-6-7-20-47(43,44)40-29-24-13-12-22(2)30(25(24)14-15-27(29)35)45-31-26(11-8-17-36-31)28-16-18-37-32(39-28)38-23-10-9-19-41(21-23)33(42)46-34(3,4)5/h8,11-18,23,40H,6-7,9-10,19-21H2,1-5H3,(H,37,38,39). The first-order chi connectivity index (χ1) is 22.3. The molecule has 5 rings (SSSR count). The van der Waals surface area contributed by atoms with Crippen molar-refractivity contribution in [1.29, 1.82) is 0 Å². The lowest BCUT2D eigenvalue weighted by Crippen LogP contribution is -2.47. The van der Waals surface area contributed by atoms with Gasteiger partial charge in [-0.05, 0) is 82.9 Å². The summed E-state index contributed by atoms with van der Waals surface area (Å²) in [7, 11) is -3.75. The summed E-state index contributed by atoms with van der Waals surface area (Å²) in [6.07, 6.45) is 5.70. The highest BCUT2D eigenvalue weighted by atomic mass is 32.2. The summed E-state index contributed by atoms with van der Waals surface area (Å²) >= 11 is 0. The van der Waals surface area contributed by atoms with Gasteiger partial charge in [-0.3, -0.25) is 4.72 Å². The molecule has 2 aromatic carbocycles. The van der Waals surface area contributed by atoms with Crippen molar-refractivity contribution in [2.24, 2.45) is 0 Å². The van der Waals surface area contributed by atoms with Crippen LogP contribution in [0.2, 0.25) is 0 Å². The number of piperidine rings is 1. The van der Waals surface area contributed by atoms with E-state index in [1.807, 2.05) is 40.7 Å². The number of ether oxygens (including phenoxy) is 2. The minimum atomic E-state index is -3.75. The van der Waals surface area contributed by atoms with Crippen LogP contribution in [-0.2, 0) is 14.8 Å². The highest BCUT2D eigenvalue weighted by Gasteiger charge is 2.28. The van der Waals surface area contributed by atoms with Gasteiger partial charge >= 0.3 is 6.09 Å². The lowest BCUT2D eigenvalue weighted by atomic mass is 10.0. The van der Waals surface area contributed by atoms with Crippen LogP contribution in [0.1, 0.15) is 58.9 Å². The number of carbonyl (C=O) groups is 1. The van der Waals surface area contributed by atoms with E-state index in [1.54, 1.807) is 47.6 Å². The number of nitrogens with one attached hydrogen (secondary N) is 2. The summed E-state index contributed by atoms with van der Waals surface area (Å²) in [5, 5.41) is 4.25. The maximum atomic E-state index is 15.0. The van der Waals surface area contributed by atoms with Gasteiger partial charge in [-0.15, -0.1) is 0 Å². The first-order valence-corrected chi connectivity index (χ1v) is 17.4. The van der Waals surface area contributed by atoms with Gasteiger partial charge in [-0.1, -0.05) is 25.5 Å². The fourth-order valence-corrected chi connectivity index (χ4v) is 6.64. The number of anilines is 2. The Morgan fingerprint density at radius 1 is 1.09 bits per heavy atom. The summed E-state index contributed by atoms with van der Waals surface area (Å²) in [5.41, 5.74) is 1.20. The van der Waals surface area contributed by atoms with Crippen molar-refractivity contribution in [1.82, 2.24) is 19.9 Å². The Morgan fingerprint density at radius 3 is 2.64 bits per heavy atom. The van der Waals surface area contributed by atoms with E-state index in [2.05, 4.69) is 20.0 Å². The van der Waals surface area contributed by atoms with Crippen LogP contribution in [0.5, 0.6) is 11.6 Å². The van der Waals surface area contributed by atoms with Gasteiger partial charge in [0.05, 0.1) is 22.7 Å². The zero-order chi connectivity index (χ0) is 33.8. The van der Waals surface area contributed by atoms with E-state index in [-0.39, 0.29) is 29.5 Å². The van der Waals surface area contributed by atoms with Gasteiger partial charge in [-0.25, -0.2) is 32.6 Å². The Bertz CT molecular complexity index is 1860. The third-order valence-electron chi connectivity index (χ3n) is 7.63. The van der Waals surface area contributed by atoms with Gasteiger partial charge in [0.1, 0.15) is 17.2 Å². The number of sulfonamides is 1. The van der Waals surface area contributed by atoms with Gasteiger partial charge < -0.3 is 19.7 Å². The van der Waals surface area contributed by atoms with Crippen LogP contribution in [0.25, 0.3) is 22.0 Å². The number of likely N-dealkylation sites (tertiary alicyclic amines) is 1. The largest absolute Gasteiger partial charge is 0.444 e. The molecule has 1 unspecified atom stereocenters. The van der Waals surface area contributed by atoms with Crippen molar-refractivity contribution in [3.8, 4) is 22.9 Å². The molecule has 4 aromatic rings. The third kappa shape index (κ3) is 8.45. The number of aryl methyl sites for hydroxylation is 1. The number of hydrogen-bond donors (Lipinski definition) is 2. The van der Waals surface area contributed by atoms with Crippen LogP contribution in [0, 0.1) is 12.7 Å². The first-order valence-electron chi connectivity index (χ1n) is 15.8. The molecule has 250 valence electrons. The normalized spacial score (nSPS) is 15.4. The maximum Gasteiger partial charge on any atom is 0.410 e. The molecule has 2 N–H and O–H groups in total. The SMILES string of the molecule is CCCCS(=O)(=O)Nc1c(F)ccc2c(Oc3ncccc3-c3ccnc(NC4CCCN(C(=O)OC(C)(C)C)C4)n3)c(C)ccc12. The molecule has 47 heavy (non-hydrogen) atoms. The molecule has 1 aliphatic heterocycles. The maximum absolute atomic E-state index is 15.0. The van der Waals surface area contributed by atoms with Crippen molar-refractivity contribution >= 4 is 38.5 Å². The predicted octanol–water partition coefficient (Wildman–Crippen LogP) is 7.28.